The number of pyridine rings is 1. The monoisotopic (exact) mass is 290 g/mol. The molecule has 0 radical (unpaired) electrons. The predicted molar refractivity (Wildman–Crippen MR) is 78.1 cm³/mol. The topological polar surface area (TPSA) is 84.0 Å². The summed E-state index contributed by atoms with van der Waals surface area (Å²) >= 11 is 1.46. The van der Waals surface area contributed by atoms with E-state index in [2.05, 4.69) is 20.6 Å². The summed E-state index contributed by atoms with van der Waals surface area (Å²) in [5.74, 6) is -0.260. The molecule has 2 aromatic rings. The van der Waals surface area contributed by atoms with Gasteiger partial charge in [0, 0.05) is 18.0 Å². The van der Waals surface area contributed by atoms with Crippen molar-refractivity contribution in [1.29, 1.82) is 0 Å². The van der Waals surface area contributed by atoms with Gasteiger partial charge in [-0.1, -0.05) is 0 Å². The number of aryl methyl sites for hydroxylation is 2. The number of hydrogen-bond acceptors (Lipinski definition) is 5. The predicted octanol–water partition coefficient (Wildman–Crippen LogP) is 2.37. The molecule has 2 aromatic heterocycles. The largest absolute Gasteiger partial charge is 0.323 e. The van der Waals surface area contributed by atoms with Crippen LogP contribution in [0.2, 0.25) is 0 Å². The molecule has 2 rings (SSSR count). The van der Waals surface area contributed by atoms with Gasteiger partial charge < -0.3 is 10.6 Å². The average molecular weight is 290 g/mol. The van der Waals surface area contributed by atoms with Gasteiger partial charge in [0.1, 0.15) is 5.69 Å². The third-order valence-corrected chi connectivity index (χ3v) is 3.36. The van der Waals surface area contributed by atoms with Crippen LogP contribution in [0.25, 0.3) is 0 Å². The molecule has 0 aliphatic rings. The maximum atomic E-state index is 12.2. The highest BCUT2D eigenvalue weighted by Crippen LogP contribution is 2.21. The van der Waals surface area contributed by atoms with Gasteiger partial charge in [-0.05, 0) is 26.0 Å². The minimum Gasteiger partial charge on any atom is -0.323 e. The number of nitrogens with one attached hydrogen (secondary N) is 2. The van der Waals surface area contributed by atoms with Crippen molar-refractivity contribution in [2.75, 3.05) is 10.6 Å². The lowest BCUT2D eigenvalue weighted by Gasteiger charge is -2.09. The number of hydrogen-bond donors (Lipinski definition) is 2. The SMILES string of the molecule is CC(=O)Nc1cccnc1NC(=O)c1nc(C)sc1C. The van der Waals surface area contributed by atoms with Gasteiger partial charge in [-0.2, -0.15) is 0 Å². The van der Waals surface area contributed by atoms with Gasteiger partial charge in [0.2, 0.25) is 5.91 Å². The minimum absolute atomic E-state index is 0.228. The third kappa shape index (κ3) is 3.18. The van der Waals surface area contributed by atoms with Gasteiger partial charge in [-0.15, -0.1) is 11.3 Å². The molecule has 0 bridgehead atoms. The molecule has 0 aliphatic carbocycles. The lowest BCUT2D eigenvalue weighted by molar-refractivity contribution is -0.114. The van der Waals surface area contributed by atoms with E-state index in [-0.39, 0.29) is 11.8 Å². The van der Waals surface area contributed by atoms with Crippen molar-refractivity contribution in [3.05, 3.63) is 33.9 Å². The Morgan fingerprint density at radius 2 is 2.00 bits per heavy atom. The van der Waals surface area contributed by atoms with Crippen molar-refractivity contribution >= 4 is 34.7 Å². The number of aromatic nitrogens is 2. The van der Waals surface area contributed by atoms with Gasteiger partial charge in [-0.25, -0.2) is 9.97 Å². The van der Waals surface area contributed by atoms with E-state index in [0.29, 0.717) is 17.2 Å². The first kappa shape index (κ1) is 14.1. The standard InChI is InChI=1S/C13H14N4O2S/c1-7-11(16-9(3)20-7)13(19)17-12-10(15-8(2)18)5-4-6-14-12/h4-6H,1-3H3,(H,15,18)(H,14,17,19). The summed E-state index contributed by atoms with van der Waals surface area (Å²) < 4.78 is 0. The molecular weight excluding hydrogens is 276 g/mol. The van der Waals surface area contributed by atoms with Crippen molar-refractivity contribution in [1.82, 2.24) is 9.97 Å². The Balaban J connectivity index is 2.24. The molecule has 2 heterocycles. The molecule has 0 aromatic carbocycles. The summed E-state index contributed by atoms with van der Waals surface area (Å²) in [6.45, 7) is 5.08. The molecule has 0 saturated carbocycles. The summed E-state index contributed by atoms with van der Waals surface area (Å²) in [6.07, 6.45) is 1.54. The summed E-state index contributed by atoms with van der Waals surface area (Å²) in [5, 5.41) is 6.11. The zero-order valence-electron chi connectivity index (χ0n) is 11.4. The van der Waals surface area contributed by atoms with E-state index < -0.39 is 0 Å². The van der Waals surface area contributed by atoms with Crippen LogP contribution in [0, 0.1) is 13.8 Å². The summed E-state index contributed by atoms with van der Waals surface area (Å²) in [4.78, 5) is 32.4. The third-order valence-electron chi connectivity index (χ3n) is 2.47. The molecule has 0 fully saturated rings. The maximum Gasteiger partial charge on any atom is 0.276 e. The van der Waals surface area contributed by atoms with Gasteiger partial charge >= 0.3 is 0 Å². The highest BCUT2D eigenvalue weighted by Gasteiger charge is 2.16. The van der Waals surface area contributed by atoms with E-state index in [1.165, 1.54) is 18.3 Å². The molecule has 2 amide bonds. The fraction of sp³-hybridized carbons (Fsp3) is 0.231. The number of thiazole rings is 1. The van der Waals surface area contributed by atoms with E-state index in [0.717, 1.165) is 9.88 Å². The van der Waals surface area contributed by atoms with Crippen LogP contribution in [0.15, 0.2) is 18.3 Å². The smallest absolute Gasteiger partial charge is 0.276 e. The van der Waals surface area contributed by atoms with E-state index in [4.69, 9.17) is 0 Å². The Hall–Kier alpha value is -2.28. The van der Waals surface area contributed by atoms with Gasteiger partial charge in [0.05, 0.1) is 10.7 Å². The molecule has 0 spiro atoms. The van der Waals surface area contributed by atoms with Crippen LogP contribution in [-0.2, 0) is 4.79 Å². The normalized spacial score (nSPS) is 10.2. The molecule has 0 aliphatic heterocycles. The minimum atomic E-state index is -0.336. The van der Waals surface area contributed by atoms with Crippen LogP contribution in [0.5, 0.6) is 0 Å². The van der Waals surface area contributed by atoms with Crippen molar-refractivity contribution < 1.29 is 9.59 Å². The Morgan fingerprint density at radius 3 is 2.60 bits per heavy atom. The van der Waals surface area contributed by atoms with Crippen molar-refractivity contribution in [2.45, 2.75) is 20.8 Å². The highest BCUT2D eigenvalue weighted by molar-refractivity contribution is 7.11. The fourth-order valence-corrected chi connectivity index (χ4v) is 2.52. The molecule has 20 heavy (non-hydrogen) atoms. The van der Waals surface area contributed by atoms with Gasteiger partial charge in [0.15, 0.2) is 5.82 Å². The molecule has 7 heteroatoms. The Morgan fingerprint density at radius 1 is 1.25 bits per heavy atom. The lowest BCUT2D eigenvalue weighted by Crippen LogP contribution is -2.17. The Bertz CT molecular complexity index is 666. The quantitative estimate of drug-likeness (QED) is 0.909. The van der Waals surface area contributed by atoms with E-state index in [1.54, 1.807) is 18.3 Å². The molecule has 6 nitrogen and oxygen atoms in total. The zero-order chi connectivity index (χ0) is 14.7. The number of anilines is 2. The first-order valence-electron chi connectivity index (χ1n) is 5.95. The lowest BCUT2D eigenvalue weighted by atomic mass is 10.3. The summed E-state index contributed by atoms with van der Waals surface area (Å²) in [7, 11) is 0. The van der Waals surface area contributed by atoms with Gasteiger partial charge in [-0.3, -0.25) is 9.59 Å². The molecule has 0 unspecified atom stereocenters. The van der Waals surface area contributed by atoms with E-state index >= 15 is 0 Å². The second-order valence-electron chi connectivity index (χ2n) is 4.17. The number of rotatable bonds is 3. The van der Waals surface area contributed by atoms with Crippen LogP contribution in [-0.4, -0.2) is 21.8 Å². The van der Waals surface area contributed by atoms with Gasteiger partial charge in [0.25, 0.3) is 5.91 Å². The Labute approximate surface area is 120 Å². The molecule has 104 valence electrons. The van der Waals surface area contributed by atoms with Crippen LogP contribution >= 0.6 is 11.3 Å². The first-order chi connectivity index (χ1) is 9.47. The molecular formula is C13H14N4O2S. The van der Waals surface area contributed by atoms with Crippen LogP contribution in [0.3, 0.4) is 0 Å². The number of carbonyl (C=O) groups excluding carboxylic acids is 2. The van der Waals surface area contributed by atoms with Crippen LogP contribution in [0.1, 0.15) is 27.3 Å². The summed E-state index contributed by atoms with van der Waals surface area (Å²) in [6, 6.07) is 3.35. The zero-order valence-corrected chi connectivity index (χ0v) is 12.2. The molecule has 0 saturated heterocycles. The molecule has 2 N–H and O–H groups in total. The maximum absolute atomic E-state index is 12.2. The number of carbonyl (C=O) groups is 2. The van der Waals surface area contributed by atoms with Crippen LogP contribution in [0.4, 0.5) is 11.5 Å². The highest BCUT2D eigenvalue weighted by atomic mass is 32.1. The summed E-state index contributed by atoms with van der Waals surface area (Å²) in [5.41, 5.74) is 0.838. The average Bonchev–Trinajstić information content (AvgIpc) is 2.70. The van der Waals surface area contributed by atoms with Crippen molar-refractivity contribution in [2.24, 2.45) is 0 Å². The number of amides is 2. The Kier molecular flexibility index (Phi) is 4.09. The second kappa shape index (κ2) is 5.79. The van der Waals surface area contributed by atoms with Crippen LogP contribution < -0.4 is 10.6 Å². The van der Waals surface area contributed by atoms with E-state index in [1.807, 2.05) is 13.8 Å². The first-order valence-corrected chi connectivity index (χ1v) is 6.77. The van der Waals surface area contributed by atoms with Crippen molar-refractivity contribution in [3.63, 3.8) is 0 Å². The number of nitrogens with zero attached hydrogens (tertiary/aromatic N) is 2. The second-order valence-corrected chi connectivity index (χ2v) is 5.58. The fourth-order valence-electron chi connectivity index (χ4n) is 1.70. The molecule has 0 atom stereocenters. The van der Waals surface area contributed by atoms with Crippen molar-refractivity contribution in [3.8, 4) is 0 Å². The van der Waals surface area contributed by atoms with E-state index in [9.17, 15) is 9.59 Å².